The van der Waals surface area contributed by atoms with E-state index in [0.717, 1.165) is 17.1 Å². The van der Waals surface area contributed by atoms with Crippen LogP contribution >= 0.6 is 0 Å². The van der Waals surface area contributed by atoms with Crippen LogP contribution in [0.4, 0.5) is 17.1 Å². The van der Waals surface area contributed by atoms with Gasteiger partial charge >= 0.3 is 0 Å². The van der Waals surface area contributed by atoms with Gasteiger partial charge in [-0.2, -0.15) is 0 Å². The normalized spacial score (nSPS) is 12.8. The maximum absolute atomic E-state index is 2.41. The summed E-state index contributed by atoms with van der Waals surface area (Å²) in [5.74, 6) is 0. The Morgan fingerprint density at radius 3 is 1.56 bits per heavy atom. The van der Waals surface area contributed by atoms with Crippen molar-refractivity contribution in [1.82, 2.24) is 0 Å². The summed E-state index contributed by atoms with van der Waals surface area (Å²) >= 11 is 0. The van der Waals surface area contributed by atoms with Crippen LogP contribution in [0.5, 0.6) is 0 Å². The molecule has 0 atom stereocenters. The lowest BCUT2D eigenvalue weighted by atomic mass is 9.82. The first-order chi connectivity index (χ1) is 24.5. The molecule has 0 aliphatic heterocycles. The fourth-order valence-corrected chi connectivity index (χ4v) is 7.85. The Kier molecular flexibility index (Phi) is 7.21. The molecule has 0 bridgehead atoms. The molecule has 1 nitrogen and oxygen atoms in total. The first kappa shape index (κ1) is 29.9. The van der Waals surface area contributed by atoms with Gasteiger partial charge in [0.25, 0.3) is 0 Å². The van der Waals surface area contributed by atoms with Crippen molar-refractivity contribution in [3.05, 3.63) is 199 Å². The zero-order chi connectivity index (χ0) is 33.7. The first-order valence-electron chi connectivity index (χ1n) is 17.4. The van der Waals surface area contributed by atoms with E-state index in [1.54, 1.807) is 0 Å². The van der Waals surface area contributed by atoms with Gasteiger partial charge in [-0.25, -0.2) is 0 Å². The van der Waals surface area contributed by atoms with Crippen molar-refractivity contribution in [3.8, 4) is 44.5 Å². The van der Waals surface area contributed by atoms with Crippen molar-refractivity contribution in [1.29, 1.82) is 0 Å². The molecular formula is C49H37N. The zero-order valence-electron chi connectivity index (χ0n) is 28.3. The molecule has 8 aromatic rings. The fourth-order valence-electron chi connectivity index (χ4n) is 7.85. The Morgan fingerprint density at radius 1 is 0.340 bits per heavy atom. The third-order valence-electron chi connectivity index (χ3n) is 10.5. The number of benzene rings is 8. The van der Waals surface area contributed by atoms with Gasteiger partial charge in [-0.15, -0.1) is 0 Å². The minimum Gasteiger partial charge on any atom is -0.310 e. The molecule has 8 aromatic carbocycles. The zero-order valence-corrected chi connectivity index (χ0v) is 28.3. The van der Waals surface area contributed by atoms with E-state index in [4.69, 9.17) is 0 Å². The number of hydrogen-bond donors (Lipinski definition) is 0. The SMILES string of the molecule is CC1(C)c2ccccc2-c2ccc(N(c3ccc(-c4ccccc4)cc3)c3ccc(-c4cccc5cc(-c6ccccc6)ccc45)cc3)cc21. The van der Waals surface area contributed by atoms with E-state index < -0.39 is 0 Å². The highest BCUT2D eigenvalue weighted by molar-refractivity contribution is 5.99. The Bertz CT molecular complexity index is 2470. The van der Waals surface area contributed by atoms with E-state index in [1.165, 1.54) is 66.4 Å². The molecule has 0 amide bonds. The van der Waals surface area contributed by atoms with Crippen LogP contribution in [-0.4, -0.2) is 0 Å². The van der Waals surface area contributed by atoms with Gasteiger partial charge in [0.15, 0.2) is 0 Å². The molecule has 0 aromatic heterocycles. The Labute approximate surface area is 294 Å². The second-order valence-corrected chi connectivity index (χ2v) is 13.8. The van der Waals surface area contributed by atoms with E-state index in [1.807, 2.05) is 0 Å². The van der Waals surface area contributed by atoms with Gasteiger partial charge < -0.3 is 4.90 Å². The van der Waals surface area contributed by atoms with Crippen LogP contribution in [0.15, 0.2) is 188 Å². The van der Waals surface area contributed by atoms with Gasteiger partial charge in [-0.1, -0.05) is 159 Å². The van der Waals surface area contributed by atoms with E-state index in [2.05, 4.69) is 207 Å². The summed E-state index contributed by atoms with van der Waals surface area (Å²) in [6.07, 6.45) is 0. The van der Waals surface area contributed by atoms with Crippen LogP contribution in [0, 0.1) is 0 Å². The largest absolute Gasteiger partial charge is 0.310 e. The molecular weight excluding hydrogens is 603 g/mol. The lowest BCUT2D eigenvalue weighted by Gasteiger charge is -2.28. The van der Waals surface area contributed by atoms with Crippen LogP contribution in [0.3, 0.4) is 0 Å². The second kappa shape index (κ2) is 12.1. The molecule has 238 valence electrons. The lowest BCUT2D eigenvalue weighted by Crippen LogP contribution is -2.16. The maximum Gasteiger partial charge on any atom is 0.0465 e. The highest BCUT2D eigenvalue weighted by Crippen LogP contribution is 2.50. The van der Waals surface area contributed by atoms with Crippen LogP contribution in [-0.2, 0) is 5.41 Å². The van der Waals surface area contributed by atoms with Crippen molar-refractivity contribution in [2.24, 2.45) is 0 Å². The summed E-state index contributed by atoms with van der Waals surface area (Å²) in [5, 5.41) is 2.50. The third kappa shape index (κ3) is 5.11. The maximum atomic E-state index is 2.41. The molecule has 50 heavy (non-hydrogen) atoms. The van der Waals surface area contributed by atoms with Gasteiger partial charge in [0.2, 0.25) is 0 Å². The molecule has 1 aliphatic carbocycles. The van der Waals surface area contributed by atoms with Crippen LogP contribution < -0.4 is 4.90 Å². The average molecular weight is 640 g/mol. The highest BCUT2D eigenvalue weighted by Gasteiger charge is 2.35. The standard InChI is InChI=1S/C49H37N/c1-49(2)47-19-10-9-17-45(47)46-31-29-42(33-48(46)49)50(40-25-20-36(21-26-40)34-12-5-3-6-13-34)41-27-22-37(23-28-41)43-18-11-16-39-32-38(24-30-44(39)43)35-14-7-4-8-15-35/h3-33H,1-2H3. The molecule has 0 saturated carbocycles. The predicted molar refractivity (Wildman–Crippen MR) is 213 cm³/mol. The molecule has 0 saturated heterocycles. The number of anilines is 3. The Morgan fingerprint density at radius 2 is 0.860 bits per heavy atom. The molecule has 0 N–H and O–H groups in total. The quantitative estimate of drug-likeness (QED) is 0.175. The smallest absolute Gasteiger partial charge is 0.0465 e. The van der Waals surface area contributed by atoms with E-state index in [0.29, 0.717) is 0 Å². The number of nitrogens with zero attached hydrogens (tertiary/aromatic N) is 1. The van der Waals surface area contributed by atoms with Crippen molar-refractivity contribution in [2.45, 2.75) is 19.3 Å². The topological polar surface area (TPSA) is 3.24 Å². The minimum atomic E-state index is -0.0800. The molecule has 1 heteroatoms. The molecule has 1 aliphatic rings. The molecule has 9 rings (SSSR count). The molecule has 0 fully saturated rings. The molecule has 0 spiro atoms. The lowest BCUT2D eigenvalue weighted by molar-refractivity contribution is 0.660. The Balaban J connectivity index is 1.13. The first-order valence-corrected chi connectivity index (χ1v) is 17.4. The summed E-state index contributed by atoms with van der Waals surface area (Å²) in [6.45, 7) is 4.70. The summed E-state index contributed by atoms with van der Waals surface area (Å²) in [4.78, 5) is 2.40. The highest BCUT2D eigenvalue weighted by atomic mass is 15.1. The summed E-state index contributed by atoms with van der Waals surface area (Å²) in [7, 11) is 0. The fraction of sp³-hybridized carbons (Fsp3) is 0.0612. The Hall–Kier alpha value is -6.18. The molecule has 0 unspecified atom stereocenters. The minimum absolute atomic E-state index is 0.0800. The van der Waals surface area contributed by atoms with Gasteiger partial charge in [-0.05, 0) is 109 Å². The van der Waals surface area contributed by atoms with Gasteiger partial charge in [-0.3, -0.25) is 0 Å². The van der Waals surface area contributed by atoms with Gasteiger partial charge in [0.1, 0.15) is 0 Å². The molecule has 0 radical (unpaired) electrons. The summed E-state index contributed by atoms with van der Waals surface area (Å²) < 4.78 is 0. The number of rotatable bonds is 6. The third-order valence-corrected chi connectivity index (χ3v) is 10.5. The van der Waals surface area contributed by atoms with Crippen molar-refractivity contribution in [2.75, 3.05) is 4.90 Å². The van der Waals surface area contributed by atoms with Crippen molar-refractivity contribution < 1.29 is 0 Å². The number of hydrogen-bond acceptors (Lipinski definition) is 1. The van der Waals surface area contributed by atoms with E-state index >= 15 is 0 Å². The van der Waals surface area contributed by atoms with Crippen LogP contribution in [0.2, 0.25) is 0 Å². The number of fused-ring (bicyclic) bond motifs is 4. The average Bonchev–Trinajstić information content (AvgIpc) is 3.41. The van der Waals surface area contributed by atoms with Crippen molar-refractivity contribution in [3.63, 3.8) is 0 Å². The van der Waals surface area contributed by atoms with E-state index in [-0.39, 0.29) is 5.41 Å². The van der Waals surface area contributed by atoms with Gasteiger partial charge in [0.05, 0.1) is 0 Å². The van der Waals surface area contributed by atoms with E-state index in [9.17, 15) is 0 Å². The summed E-state index contributed by atoms with van der Waals surface area (Å²) in [6, 6.07) is 68.5. The predicted octanol–water partition coefficient (Wildman–Crippen LogP) is 13.6. The molecule has 0 heterocycles. The monoisotopic (exact) mass is 639 g/mol. The summed E-state index contributed by atoms with van der Waals surface area (Å²) in [5.41, 5.74) is 16.1. The van der Waals surface area contributed by atoms with Crippen LogP contribution in [0.25, 0.3) is 55.3 Å². The second-order valence-electron chi connectivity index (χ2n) is 13.8. The van der Waals surface area contributed by atoms with Crippen LogP contribution in [0.1, 0.15) is 25.0 Å². The van der Waals surface area contributed by atoms with Gasteiger partial charge in [0, 0.05) is 22.5 Å². The van der Waals surface area contributed by atoms with Crippen molar-refractivity contribution >= 4 is 27.8 Å².